The molecule has 0 saturated heterocycles. The summed E-state index contributed by atoms with van der Waals surface area (Å²) in [6.45, 7) is 23.8. The van der Waals surface area contributed by atoms with Gasteiger partial charge in [-0.15, -0.1) is 0 Å². The minimum atomic E-state index is 0. The van der Waals surface area contributed by atoms with E-state index in [0.717, 1.165) is 19.6 Å². The summed E-state index contributed by atoms with van der Waals surface area (Å²) in [5, 5.41) is 10.9. The zero-order chi connectivity index (χ0) is 27.8. The van der Waals surface area contributed by atoms with Crippen molar-refractivity contribution in [3.8, 4) is 0 Å². The lowest BCUT2D eigenvalue weighted by atomic mass is 10.1. The minimum Gasteiger partial charge on any atom is -1.00 e. The predicted octanol–water partition coefficient (Wildman–Crippen LogP) is 3.00. The molecule has 0 aromatic carbocycles. The second kappa shape index (κ2) is 18.5. The molecule has 0 fully saturated rings. The summed E-state index contributed by atoms with van der Waals surface area (Å²) >= 11 is 5.57. The fourth-order valence-electron chi connectivity index (χ4n) is 4.34. The number of hydrogen-bond acceptors (Lipinski definition) is 4. The van der Waals surface area contributed by atoms with Gasteiger partial charge in [0.15, 0.2) is 11.4 Å². The van der Waals surface area contributed by atoms with Crippen molar-refractivity contribution in [3.05, 3.63) is 66.5 Å². The highest BCUT2D eigenvalue weighted by molar-refractivity contribution is 8.06. The van der Waals surface area contributed by atoms with E-state index in [0.29, 0.717) is 17.8 Å². The van der Waals surface area contributed by atoms with Crippen LogP contribution in [0, 0.1) is 31.6 Å². The Labute approximate surface area is 291 Å². The number of aromatic nitrogens is 2. The topological polar surface area (TPSA) is 11.0 Å². The third kappa shape index (κ3) is 11.2. The number of thioether (sulfide) groups is 1. The first-order chi connectivity index (χ1) is 18.1. The fourth-order valence-corrected chi connectivity index (χ4v) is 7.24. The quantitative estimate of drug-likeness (QED) is 0.175. The molecule has 8 heteroatoms. The van der Waals surface area contributed by atoms with Gasteiger partial charge in [-0.05, 0) is 54.7 Å². The van der Waals surface area contributed by atoms with E-state index in [-0.39, 0.29) is 48.0 Å². The number of halogens is 2. The molecule has 3 rings (SSSR count). The van der Waals surface area contributed by atoms with Crippen molar-refractivity contribution < 1.29 is 57.1 Å². The highest BCUT2D eigenvalue weighted by Crippen LogP contribution is 2.35. The van der Waals surface area contributed by atoms with E-state index in [1.807, 2.05) is 34.4 Å². The van der Waals surface area contributed by atoms with Crippen LogP contribution >= 0.6 is 34.4 Å². The Morgan fingerprint density at radius 1 is 0.825 bits per heavy atom. The first-order valence-electron chi connectivity index (χ1n) is 14.2. The maximum Gasteiger partial charge on any atom is 0.269 e. The predicted molar refractivity (Wildman–Crippen MR) is 170 cm³/mol. The summed E-state index contributed by atoms with van der Waals surface area (Å²) in [7, 11) is 0. The number of thiazole rings is 2. The summed E-state index contributed by atoms with van der Waals surface area (Å²) in [4.78, 5) is 2.48. The first-order valence-corrected chi connectivity index (χ1v) is 16.9. The molecule has 0 spiro atoms. The molecule has 0 amide bonds. The van der Waals surface area contributed by atoms with E-state index in [1.54, 1.807) is 0 Å². The third-order valence-corrected chi connectivity index (χ3v) is 10.2. The van der Waals surface area contributed by atoms with E-state index in [9.17, 15) is 0 Å². The second-order valence-electron chi connectivity index (χ2n) is 11.7. The van der Waals surface area contributed by atoms with Gasteiger partial charge in [-0.1, -0.05) is 76.0 Å². The largest absolute Gasteiger partial charge is 1.00 e. The number of hydrogen-bond donors (Lipinski definition) is 0. The molecule has 0 bridgehead atoms. The molecule has 1 aliphatic rings. The van der Waals surface area contributed by atoms with E-state index in [4.69, 9.17) is 0 Å². The van der Waals surface area contributed by atoms with Gasteiger partial charge in [0.1, 0.15) is 13.1 Å². The zero-order valence-corrected chi connectivity index (χ0v) is 32.6. The maximum atomic E-state index is 2.52. The van der Waals surface area contributed by atoms with Gasteiger partial charge in [-0.2, -0.15) is 9.13 Å². The third-order valence-electron chi connectivity index (χ3n) is 6.94. The first kappa shape index (κ1) is 37.9. The molecule has 1 aliphatic heterocycles. The van der Waals surface area contributed by atoms with E-state index < -0.39 is 0 Å². The second-order valence-corrected chi connectivity index (χ2v) is 14.4. The van der Waals surface area contributed by atoms with Crippen molar-refractivity contribution >= 4 is 46.1 Å². The highest BCUT2D eigenvalue weighted by atomic mass is 127. The van der Waals surface area contributed by atoms with Crippen LogP contribution in [0.3, 0.4) is 0 Å². The molecule has 0 radical (unpaired) electrons. The Bertz CT molecular complexity index is 1190. The summed E-state index contributed by atoms with van der Waals surface area (Å²) in [5.74, 6) is 2.09. The lowest BCUT2D eigenvalue weighted by Crippen LogP contribution is -3.00. The van der Waals surface area contributed by atoms with Gasteiger partial charge in [0.25, 0.3) is 10.0 Å². The molecule has 0 atom stereocenters. The van der Waals surface area contributed by atoms with Crippen molar-refractivity contribution in [1.29, 1.82) is 0 Å². The normalized spacial score (nSPS) is 15.1. The van der Waals surface area contributed by atoms with Gasteiger partial charge in [0.05, 0.1) is 21.4 Å². The lowest BCUT2D eigenvalue weighted by Gasteiger charge is -2.22. The van der Waals surface area contributed by atoms with Gasteiger partial charge in [-0.3, -0.25) is 0 Å². The zero-order valence-electron chi connectivity index (χ0n) is 25.8. The summed E-state index contributed by atoms with van der Waals surface area (Å²) in [6.07, 6.45) is 13.0. The number of nitrogens with zero attached hydrogens (tertiary/aromatic N) is 3. The van der Waals surface area contributed by atoms with Crippen LogP contribution in [0.1, 0.15) is 89.1 Å². The van der Waals surface area contributed by atoms with Crippen LogP contribution in [0.4, 0.5) is 0 Å². The van der Waals surface area contributed by atoms with Gasteiger partial charge in [0, 0.05) is 45.0 Å². The van der Waals surface area contributed by atoms with Gasteiger partial charge >= 0.3 is 0 Å². The Morgan fingerprint density at radius 2 is 1.40 bits per heavy atom. The number of rotatable bonds is 13. The summed E-state index contributed by atoms with van der Waals surface area (Å²) in [5.41, 5.74) is 5.34. The van der Waals surface area contributed by atoms with Gasteiger partial charge in [-0.25, -0.2) is 0 Å². The van der Waals surface area contributed by atoms with Crippen molar-refractivity contribution in [3.63, 3.8) is 0 Å². The van der Waals surface area contributed by atoms with Crippen molar-refractivity contribution in [2.75, 3.05) is 6.54 Å². The summed E-state index contributed by atoms with van der Waals surface area (Å²) < 4.78 is 5.01. The Morgan fingerprint density at radius 3 is 2.02 bits per heavy atom. The molecule has 3 nitrogen and oxygen atoms in total. The molecule has 2 aromatic heterocycles. The number of aryl methyl sites for hydroxylation is 2. The van der Waals surface area contributed by atoms with Crippen molar-refractivity contribution in [1.82, 2.24) is 4.90 Å². The Kier molecular flexibility index (Phi) is 17.5. The molecule has 0 saturated carbocycles. The molecular formula is C32H49I2N3S3. The van der Waals surface area contributed by atoms with Crippen LogP contribution in [0.25, 0.3) is 11.6 Å². The monoisotopic (exact) mass is 825 g/mol. The molecule has 0 unspecified atom stereocenters. The van der Waals surface area contributed by atoms with Crippen LogP contribution in [0.5, 0.6) is 0 Å². The van der Waals surface area contributed by atoms with Crippen LogP contribution in [0.15, 0.2) is 45.1 Å². The molecule has 40 heavy (non-hydrogen) atoms. The van der Waals surface area contributed by atoms with E-state index in [2.05, 4.69) is 117 Å². The molecule has 2 aromatic rings. The SMILES string of the molecule is CC1=CS\C(=C/C=C(\C=C\c2scc(C)[n+]2CCC(C)C)c2scc(C)[n+]2CCC(C)C)N1CCC(C)C.[I-].[I-]. The van der Waals surface area contributed by atoms with Crippen LogP contribution in [0.2, 0.25) is 0 Å². The van der Waals surface area contributed by atoms with E-state index >= 15 is 0 Å². The average molecular weight is 826 g/mol. The number of allylic oxidation sites excluding steroid dienone is 5. The van der Waals surface area contributed by atoms with Crippen molar-refractivity contribution in [2.45, 2.75) is 94.7 Å². The average Bonchev–Trinajstić information content (AvgIpc) is 3.51. The van der Waals surface area contributed by atoms with Crippen molar-refractivity contribution in [2.24, 2.45) is 17.8 Å². The molecule has 224 valence electrons. The van der Waals surface area contributed by atoms with Crippen LogP contribution in [-0.4, -0.2) is 11.4 Å². The fraction of sp³-hybridized carbons (Fsp3) is 0.562. The minimum absolute atomic E-state index is 0. The smallest absolute Gasteiger partial charge is 0.269 e. The summed E-state index contributed by atoms with van der Waals surface area (Å²) in [6, 6.07) is 0. The molecule has 3 heterocycles. The Hall–Kier alpha value is -0.170. The molecule has 0 aliphatic carbocycles. The maximum absolute atomic E-state index is 2.52. The molecular weight excluding hydrogens is 776 g/mol. The lowest BCUT2D eigenvalue weighted by molar-refractivity contribution is -0.701. The Balaban J connectivity index is 0.00000400. The highest BCUT2D eigenvalue weighted by Gasteiger charge is 2.22. The molecule has 0 N–H and O–H groups in total. The van der Waals surface area contributed by atoms with Gasteiger partial charge < -0.3 is 52.9 Å². The van der Waals surface area contributed by atoms with E-state index in [1.165, 1.54) is 57.0 Å². The van der Waals surface area contributed by atoms with Crippen LogP contribution in [-0.2, 0) is 13.1 Å². The van der Waals surface area contributed by atoms with Crippen LogP contribution < -0.4 is 57.1 Å². The van der Waals surface area contributed by atoms with Gasteiger partial charge in [0.2, 0.25) is 0 Å². The standard InChI is InChI=1S/C32H49N3S3.2HI/c1-23(2)14-17-33-26(7)20-36-30(33)12-10-29(32-35(19-16-25(5)6)28(9)22-38-32)11-13-31-34(18-15-24(3)4)27(8)21-37-31;;/h10-13,20-25H,14-19H2,1-9H3;2*1H/q+2;;/p-2.